The fourth-order valence-electron chi connectivity index (χ4n) is 2.42. The predicted octanol–water partition coefficient (Wildman–Crippen LogP) is 3.38. The Labute approximate surface area is 146 Å². The first-order valence-electron chi connectivity index (χ1n) is 7.47. The Hall–Kier alpha value is -2.25. The molecule has 0 N–H and O–H groups in total. The zero-order valence-corrected chi connectivity index (χ0v) is 14.9. The summed E-state index contributed by atoms with van der Waals surface area (Å²) in [5.74, 6) is -0.641. The van der Waals surface area contributed by atoms with Crippen molar-refractivity contribution >= 4 is 44.8 Å². The van der Waals surface area contributed by atoms with E-state index in [1.165, 1.54) is 22.7 Å². The quantitative estimate of drug-likeness (QED) is 0.670. The molecule has 124 valence electrons. The van der Waals surface area contributed by atoms with Crippen LogP contribution in [-0.4, -0.2) is 23.1 Å². The minimum absolute atomic E-state index is 0.0370. The normalized spacial score (nSPS) is 11.8. The minimum Gasteiger partial charge on any atom is -0.465 e. The largest absolute Gasteiger partial charge is 0.465 e. The SMILES string of the molecule is CCOC(=O)Cn1c(=NC(=O)c2cccs2)sc2cccc(C)c21. The number of thiophene rings is 1. The molecule has 0 spiro atoms. The molecule has 0 aliphatic heterocycles. The van der Waals surface area contributed by atoms with E-state index in [-0.39, 0.29) is 18.4 Å². The summed E-state index contributed by atoms with van der Waals surface area (Å²) in [6, 6.07) is 9.44. The van der Waals surface area contributed by atoms with Crippen molar-refractivity contribution in [2.75, 3.05) is 6.61 Å². The lowest BCUT2D eigenvalue weighted by atomic mass is 10.2. The van der Waals surface area contributed by atoms with E-state index in [0.717, 1.165) is 15.8 Å². The van der Waals surface area contributed by atoms with Gasteiger partial charge in [-0.1, -0.05) is 29.5 Å². The molecule has 0 radical (unpaired) electrons. The molecule has 0 aliphatic rings. The number of carbonyl (C=O) groups excluding carboxylic acids is 2. The number of nitrogens with zero attached hydrogens (tertiary/aromatic N) is 2. The van der Waals surface area contributed by atoms with E-state index in [2.05, 4.69) is 4.99 Å². The molecule has 2 aromatic heterocycles. The van der Waals surface area contributed by atoms with Crippen LogP contribution in [-0.2, 0) is 16.1 Å². The fraction of sp³-hybridized carbons (Fsp3) is 0.235. The van der Waals surface area contributed by atoms with Gasteiger partial charge in [0.2, 0.25) is 0 Å². The molecule has 0 unspecified atom stereocenters. The van der Waals surface area contributed by atoms with Gasteiger partial charge in [-0.15, -0.1) is 11.3 Å². The molecule has 0 saturated heterocycles. The van der Waals surface area contributed by atoms with Gasteiger partial charge in [0.1, 0.15) is 6.54 Å². The number of fused-ring (bicyclic) bond motifs is 1. The molecule has 24 heavy (non-hydrogen) atoms. The Balaban J connectivity index is 2.14. The molecule has 3 rings (SSSR count). The maximum Gasteiger partial charge on any atom is 0.326 e. The molecule has 1 amide bonds. The Kier molecular flexibility index (Phi) is 4.92. The first-order chi connectivity index (χ1) is 11.6. The van der Waals surface area contributed by atoms with E-state index in [1.54, 1.807) is 17.6 Å². The number of amides is 1. The van der Waals surface area contributed by atoms with Crippen molar-refractivity contribution in [3.05, 3.63) is 51.0 Å². The number of hydrogen-bond acceptors (Lipinski definition) is 5. The fourth-order valence-corrected chi connectivity index (χ4v) is 4.13. The third-order valence-corrected chi connectivity index (χ3v) is 5.33. The zero-order valence-electron chi connectivity index (χ0n) is 13.3. The lowest BCUT2D eigenvalue weighted by Crippen LogP contribution is -2.23. The van der Waals surface area contributed by atoms with Crippen molar-refractivity contribution in [1.29, 1.82) is 0 Å². The van der Waals surface area contributed by atoms with Crippen LogP contribution >= 0.6 is 22.7 Å². The minimum atomic E-state index is -0.342. The number of esters is 1. The van der Waals surface area contributed by atoms with Gasteiger partial charge in [-0.2, -0.15) is 4.99 Å². The molecule has 0 fully saturated rings. The van der Waals surface area contributed by atoms with Gasteiger partial charge in [-0.3, -0.25) is 9.59 Å². The predicted molar refractivity (Wildman–Crippen MR) is 95.4 cm³/mol. The number of aryl methyl sites for hydroxylation is 1. The van der Waals surface area contributed by atoms with Crippen LogP contribution in [0.15, 0.2) is 40.7 Å². The second-order valence-electron chi connectivity index (χ2n) is 5.09. The van der Waals surface area contributed by atoms with E-state index in [0.29, 0.717) is 16.3 Å². The zero-order chi connectivity index (χ0) is 17.1. The van der Waals surface area contributed by atoms with Gasteiger partial charge >= 0.3 is 5.97 Å². The van der Waals surface area contributed by atoms with Gasteiger partial charge in [-0.05, 0) is 36.9 Å². The van der Waals surface area contributed by atoms with Gasteiger partial charge in [0, 0.05) is 0 Å². The molecule has 3 aromatic rings. The Bertz CT molecular complexity index is 952. The highest BCUT2D eigenvalue weighted by atomic mass is 32.1. The first-order valence-corrected chi connectivity index (χ1v) is 9.17. The van der Waals surface area contributed by atoms with E-state index in [9.17, 15) is 9.59 Å². The number of benzene rings is 1. The lowest BCUT2D eigenvalue weighted by Gasteiger charge is -2.06. The summed E-state index contributed by atoms with van der Waals surface area (Å²) < 4.78 is 7.80. The van der Waals surface area contributed by atoms with Crippen LogP contribution in [0.3, 0.4) is 0 Å². The van der Waals surface area contributed by atoms with Gasteiger partial charge in [0.15, 0.2) is 4.80 Å². The van der Waals surface area contributed by atoms with Gasteiger partial charge in [0.05, 0.1) is 21.7 Å². The van der Waals surface area contributed by atoms with Crippen LogP contribution < -0.4 is 4.80 Å². The molecule has 0 bridgehead atoms. The summed E-state index contributed by atoms with van der Waals surface area (Å²) in [6.45, 7) is 4.10. The molecule has 0 atom stereocenters. The number of para-hydroxylation sites is 1. The second-order valence-corrected chi connectivity index (χ2v) is 7.05. The number of ether oxygens (including phenoxy) is 1. The second kappa shape index (κ2) is 7.11. The smallest absolute Gasteiger partial charge is 0.326 e. The molecule has 0 aliphatic carbocycles. The molecule has 2 heterocycles. The number of thiazole rings is 1. The van der Waals surface area contributed by atoms with Crippen LogP contribution in [0, 0.1) is 6.92 Å². The summed E-state index contributed by atoms with van der Waals surface area (Å²) in [6.07, 6.45) is 0. The van der Waals surface area contributed by atoms with Crippen LogP contribution in [0.1, 0.15) is 22.2 Å². The van der Waals surface area contributed by atoms with Crippen molar-refractivity contribution in [2.45, 2.75) is 20.4 Å². The lowest BCUT2D eigenvalue weighted by molar-refractivity contribution is -0.143. The van der Waals surface area contributed by atoms with Crippen molar-refractivity contribution in [3.8, 4) is 0 Å². The van der Waals surface area contributed by atoms with Crippen LogP contribution in [0.5, 0.6) is 0 Å². The molecule has 7 heteroatoms. The van der Waals surface area contributed by atoms with E-state index >= 15 is 0 Å². The summed E-state index contributed by atoms with van der Waals surface area (Å²) in [5.41, 5.74) is 1.94. The molecular formula is C17H16N2O3S2. The highest BCUT2D eigenvalue weighted by molar-refractivity contribution is 7.16. The van der Waals surface area contributed by atoms with Crippen LogP contribution in [0.4, 0.5) is 0 Å². The highest BCUT2D eigenvalue weighted by Gasteiger charge is 2.14. The number of carbonyl (C=O) groups is 2. The van der Waals surface area contributed by atoms with Gasteiger partial charge in [-0.25, -0.2) is 0 Å². The number of rotatable bonds is 4. The van der Waals surface area contributed by atoms with Crippen molar-refractivity contribution < 1.29 is 14.3 Å². The summed E-state index contributed by atoms with van der Waals surface area (Å²) in [5, 5.41) is 1.84. The average molecular weight is 360 g/mol. The van der Waals surface area contributed by atoms with Crippen LogP contribution in [0.2, 0.25) is 0 Å². The first kappa shape index (κ1) is 16.6. The third-order valence-electron chi connectivity index (χ3n) is 3.42. The summed E-state index contributed by atoms with van der Waals surface area (Å²) in [4.78, 5) is 29.6. The molecule has 0 saturated carbocycles. The molecule has 1 aromatic carbocycles. The van der Waals surface area contributed by atoms with E-state index < -0.39 is 0 Å². The highest BCUT2D eigenvalue weighted by Crippen LogP contribution is 2.21. The van der Waals surface area contributed by atoms with Crippen molar-refractivity contribution in [2.24, 2.45) is 4.99 Å². The van der Waals surface area contributed by atoms with Crippen molar-refractivity contribution in [1.82, 2.24) is 4.57 Å². The Morgan fingerprint density at radius 1 is 1.25 bits per heavy atom. The number of hydrogen-bond donors (Lipinski definition) is 0. The standard InChI is InChI=1S/C17H16N2O3S2/c1-3-22-14(20)10-19-15-11(2)6-4-7-12(15)24-17(19)18-16(21)13-8-5-9-23-13/h4-9H,3,10H2,1-2H3. The topological polar surface area (TPSA) is 60.7 Å². The molecule has 5 nitrogen and oxygen atoms in total. The maximum absolute atomic E-state index is 12.3. The number of aromatic nitrogens is 1. The average Bonchev–Trinajstić information content (AvgIpc) is 3.17. The van der Waals surface area contributed by atoms with Gasteiger partial charge < -0.3 is 9.30 Å². The monoisotopic (exact) mass is 360 g/mol. The Morgan fingerprint density at radius 3 is 2.79 bits per heavy atom. The summed E-state index contributed by atoms with van der Waals surface area (Å²) in [7, 11) is 0. The third kappa shape index (κ3) is 3.32. The van der Waals surface area contributed by atoms with Crippen molar-refractivity contribution in [3.63, 3.8) is 0 Å². The van der Waals surface area contributed by atoms with E-state index in [4.69, 9.17) is 4.74 Å². The summed E-state index contributed by atoms with van der Waals surface area (Å²) >= 11 is 2.74. The van der Waals surface area contributed by atoms with Crippen LogP contribution in [0.25, 0.3) is 10.2 Å². The van der Waals surface area contributed by atoms with E-state index in [1.807, 2.05) is 36.6 Å². The Morgan fingerprint density at radius 2 is 2.08 bits per heavy atom. The molecular weight excluding hydrogens is 344 g/mol. The maximum atomic E-state index is 12.3. The van der Waals surface area contributed by atoms with Gasteiger partial charge in [0.25, 0.3) is 5.91 Å².